The van der Waals surface area contributed by atoms with Gasteiger partial charge in [0.2, 0.25) is 0 Å². The van der Waals surface area contributed by atoms with Crippen LogP contribution in [0, 0.1) is 0 Å². The van der Waals surface area contributed by atoms with E-state index in [0.29, 0.717) is 23.1 Å². The van der Waals surface area contributed by atoms with Gasteiger partial charge in [-0.05, 0) is 48.4 Å². The molecule has 0 amide bonds. The highest BCUT2D eigenvalue weighted by molar-refractivity contribution is 5.80. The summed E-state index contributed by atoms with van der Waals surface area (Å²) in [6, 6.07) is 14.0. The molecule has 0 bridgehead atoms. The molecule has 2 aromatic carbocycles. The summed E-state index contributed by atoms with van der Waals surface area (Å²) >= 11 is 0. The van der Waals surface area contributed by atoms with Crippen LogP contribution in [0.5, 0.6) is 5.75 Å². The van der Waals surface area contributed by atoms with Gasteiger partial charge in [0.05, 0.1) is 17.1 Å². The third-order valence-electron chi connectivity index (χ3n) is 4.04. The molecule has 0 aliphatic carbocycles. The van der Waals surface area contributed by atoms with E-state index in [1.165, 1.54) is 4.68 Å². The van der Waals surface area contributed by atoms with Crippen LogP contribution in [0.15, 0.2) is 58.4 Å². The first-order valence-electron chi connectivity index (χ1n) is 8.53. The van der Waals surface area contributed by atoms with Crippen LogP contribution in [0.4, 0.5) is 0 Å². The lowest BCUT2D eigenvalue weighted by atomic mass is 10.2. The fourth-order valence-electron chi connectivity index (χ4n) is 2.67. The maximum atomic E-state index is 12.8. The molecule has 1 aromatic heterocycles. The van der Waals surface area contributed by atoms with Crippen molar-refractivity contribution in [2.45, 2.75) is 32.6 Å². The van der Waals surface area contributed by atoms with E-state index in [-0.39, 0.29) is 11.3 Å². The Morgan fingerprint density at radius 3 is 2.64 bits per heavy atom. The number of aromatic hydroxyl groups is 1. The molecule has 0 saturated carbocycles. The maximum absolute atomic E-state index is 12.8. The van der Waals surface area contributed by atoms with E-state index in [4.69, 9.17) is 0 Å². The van der Waals surface area contributed by atoms with Crippen LogP contribution in [0.3, 0.4) is 0 Å². The van der Waals surface area contributed by atoms with Crippen molar-refractivity contribution in [2.24, 2.45) is 5.10 Å². The standard InChI is InChI=1S/C20H21N3O2/c1-2-3-4-9-19-22-18-8-6-5-7-17(18)20(25)23(19)21-14-15-10-12-16(24)13-11-15/h5-8,10-14,24H,2-4,9H2,1H3/b21-14+. The van der Waals surface area contributed by atoms with Crippen molar-refractivity contribution in [3.05, 3.63) is 70.3 Å². The number of benzene rings is 2. The molecule has 25 heavy (non-hydrogen) atoms. The van der Waals surface area contributed by atoms with Gasteiger partial charge in [-0.2, -0.15) is 9.78 Å². The summed E-state index contributed by atoms with van der Waals surface area (Å²) in [4.78, 5) is 17.5. The Labute approximate surface area is 146 Å². The summed E-state index contributed by atoms with van der Waals surface area (Å²) < 4.78 is 1.39. The first kappa shape index (κ1) is 16.9. The third kappa shape index (κ3) is 3.94. The lowest BCUT2D eigenvalue weighted by Crippen LogP contribution is -2.22. The largest absolute Gasteiger partial charge is 0.508 e. The fraction of sp³-hybridized carbons (Fsp3) is 0.250. The molecule has 3 rings (SSSR count). The van der Waals surface area contributed by atoms with Crippen molar-refractivity contribution in [3.8, 4) is 5.75 Å². The molecule has 128 valence electrons. The number of fused-ring (bicyclic) bond motifs is 1. The van der Waals surface area contributed by atoms with E-state index in [1.54, 1.807) is 36.5 Å². The predicted octanol–water partition coefficient (Wildman–Crippen LogP) is 3.72. The zero-order chi connectivity index (χ0) is 17.6. The lowest BCUT2D eigenvalue weighted by Gasteiger charge is -2.09. The summed E-state index contributed by atoms with van der Waals surface area (Å²) in [5, 5.41) is 14.3. The van der Waals surface area contributed by atoms with Gasteiger partial charge in [0, 0.05) is 6.42 Å². The highest BCUT2D eigenvalue weighted by atomic mass is 16.3. The number of nitrogens with zero attached hydrogens (tertiary/aromatic N) is 3. The van der Waals surface area contributed by atoms with Gasteiger partial charge in [-0.15, -0.1) is 0 Å². The Hall–Kier alpha value is -2.95. The first-order chi connectivity index (χ1) is 12.2. The number of hydrogen-bond acceptors (Lipinski definition) is 4. The SMILES string of the molecule is CCCCCc1nc2ccccc2c(=O)n1/N=C/c1ccc(O)cc1. The second-order valence-corrected chi connectivity index (χ2v) is 5.96. The number of phenols is 1. The third-order valence-corrected chi connectivity index (χ3v) is 4.04. The topological polar surface area (TPSA) is 67.5 Å². The Balaban J connectivity index is 2.03. The van der Waals surface area contributed by atoms with Gasteiger partial charge in [-0.1, -0.05) is 31.9 Å². The molecule has 1 heterocycles. The van der Waals surface area contributed by atoms with E-state index < -0.39 is 0 Å². The lowest BCUT2D eigenvalue weighted by molar-refractivity contribution is 0.475. The molecular formula is C20H21N3O2. The van der Waals surface area contributed by atoms with E-state index >= 15 is 0 Å². The quantitative estimate of drug-likeness (QED) is 0.551. The van der Waals surface area contributed by atoms with Crippen molar-refractivity contribution in [2.75, 3.05) is 0 Å². The molecule has 0 aliphatic rings. The number of hydrogen-bond donors (Lipinski definition) is 1. The first-order valence-corrected chi connectivity index (χ1v) is 8.53. The van der Waals surface area contributed by atoms with Crippen molar-refractivity contribution in [1.29, 1.82) is 0 Å². The molecule has 3 aromatic rings. The molecule has 1 N–H and O–H groups in total. The van der Waals surface area contributed by atoms with E-state index in [2.05, 4.69) is 17.0 Å². The van der Waals surface area contributed by atoms with Gasteiger partial charge >= 0.3 is 0 Å². The summed E-state index contributed by atoms with van der Waals surface area (Å²) in [5.41, 5.74) is 1.35. The summed E-state index contributed by atoms with van der Waals surface area (Å²) in [6.45, 7) is 2.14. The second kappa shape index (κ2) is 7.75. The average molecular weight is 335 g/mol. The van der Waals surface area contributed by atoms with Gasteiger partial charge in [0.25, 0.3) is 5.56 Å². The van der Waals surface area contributed by atoms with Gasteiger partial charge in [-0.25, -0.2) is 4.98 Å². The minimum atomic E-state index is -0.160. The van der Waals surface area contributed by atoms with Crippen LogP contribution >= 0.6 is 0 Å². The van der Waals surface area contributed by atoms with Crippen molar-refractivity contribution in [3.63, 3.8) is 0 Å². The molecule has 0 spiro atoms. The second-order valence-electron chi connectivity index (χ2n) is 5.96. The molecule has 0 atom stereocenters. The molecule has 0 fully saturated rings. The number of aryl methyl sites for hydroxylation is 1. The number of para-hydroxylation sites is 1. The predicted molar refractivity (Wildman–Crippen MR) is 100 cm³/mol. The molecule has 5 nitrogen and oxygen atoms in total. The molecule has 0 saturated heterocycles. The average Bonchev–Trinajstić information content (AvgIpc) is 2.63. The van der Waals surface area contributed by atoms with Crippen molar-refractivity contribution >= 4 is 17.1 Å². The highest BCUT2D eigenvalue weighted by Crippen LogP contribution is 2.11. The van der Waals surface area contributed by atoms with Gasteiger partial charge < -0.3 is 5.11 Å². The number of rotatable bonds is 6. The minimum absolute atomic E-state index is 0.160. The van der Waals surface area contributed by atoms with Gasteiger partial charge in [0.1, 0.15) is 11.6 Å². The monoisotopic (exact) mass is 335 g/mol. The van der Waals surface area contributed by atoms with Gasteiger partial charge in [-0.3, -0.25) is 4.79 Å². The number of aromatic nitrogens is 2. The minimum Gasteiger partial charge on any atom is -0.508 e. The fourth-order valence-corrected chi connectivity index (χ4v) is 2.67. The van der Waals surface area contributed by atoms with Gasteiger partial charge in [0.15, 0.2) is 0 Å². The van der Waals surface area contributed by atoms with E-state index in [0.717, 1.165) is 24.8 Å². The Morgan fingerprint density at radius 1 is 1.12 bits per heavy atom. The smallest absolute Gasteiger partial charge is 0.282 e. The van der Waals surface area contributed by atoms with Crippen LogP contribution in [-0.4, -0.2) is 21.0 Å². The van der Waals surface area contributed by atoms with E-state index in [1.807, 2.05) is 18.2 Å². The Bertz CT molecular complexity index is 943. The van der Waals surface area contributed by atoms with Crippen LogP contribution in [0.1, 0.15) is 37.6 Å². The zero-order valence-corrected chi connectivity index (χ0v) is 14.2. The Kier molecular flexibility index (Phi) is 5.23. The van der Waals surface area contributed by atoms with Crippen LogP contribution in [0.2, 0.25) is 0 Å². The zero-order valence-electron chi connectivity index (χ0n) is 14.2. The summed E-state index contributed by atoms with van der Waals surface area (Å²) in [6.07, 6.45) is 5.48. The highest BCUT2D eigenvalue weighted by Gasteiger charge is 2.09. The van der Waals surface area contributed by atoms with Crippen molar-refractivity contribution < 1.29 is 5.11 Å². The number of unbranched alkanes of at least 4 members (excludes halogenated alkanes) is 2. The molecule has 0 aliphatic heterocycles. The summed E-state index contributed by atoms with van der Waals surface area (Å²) in [7, 11) is 0. The summed E-state index contributed by atoms with van der Waals surface area (Å²) in [5.74, 6) is 0.870. The Morgan fingerprint density at radius 2 is 1.88 bits per heavy atom. The molecule has 0 unspecified atom stereocenters. The number of phenolic OH excluding ortho intramolecular Hbond substituents is 1. The maximum Gasteiger partial charge on any atom is 0.282 e. The normalized spacial score (nSPS) is 11.4. The van der Waals surface area contributed by atoms with Crippen LogP contribution in [-0.2, 0) is 6.42 Å². The van der Waals surface area contributed by atoms with Crippen LogP contribution < -0.4 is 5.56 Å². The van der Waals surface area contributed by atoms with E-state index in [9.17, 15) is 9.90 Å². The molecule has 5 heteroatoms. The van der Waals surface area contributed by atoms with Crippen LogP contribution in [0.25, 0.3) is 10.9 Å². The van der Waals surface area contributed by atoms with Crippen molar-refractivity contribution in [1.82, 2.24) is 9.66 Å². The molecule has 0 radical (unpaired) electrons. The molecular weight excluding hydrogens is 314 g/mol.